The quantitative estimate of drug-likeness (QED) is 0.527. The van der Waals surface area contributed by atoms with Gasteiger partial charge in [-0.2, -0.15) is 0 Å². The summed E-state index contributed by atoms with van der Waals surface area (Å²) in [6, 6.07) is 0. The molecule has 0 bridgehead atoms. The van der Waals surface area contributed by atoms with E-state index in [1.165, 1.54) is 19.0 Å². The van der Waals surface area contributed by atoms with Crippen molar-refractivity contribution in [2.24, 2.45) is 0 Å². The van der Waals surface area contributed by atoms with E-state index in [4.69, 9.17) is 16.0 Å². The molecule has 0 amide bonds. The monoisotopic (exact) mass is 212 g/mol. The average molecular weight is 212 g/mol. The van der Waals surface area contributed by atoms with E-state index in [0.717, 1.165) is 5.49 Å². The first-order valence-electron chi connectivity index (χ1n) is 3.36. The van der Waals surface area contributed by atoms with Crippen molar-refractivity contribution < 1.29 is 8.98 Å². The first kappa shape index (κ1) is 11.5. The third kappa shape index (κ3) is 6.85. The standard InChI is InChI=1S/C6H13O2PS2/c1-5(2)9(10)4-11-8-6(3)7/h5,9H,4H2,1-3H3. The zero-order valence-corrected chi connectivity index (χ0v) is 9.55. The lowest BCUT2D eigenvalue weighted by Gasteiger charge is -2.06. The highest BCUT2D eigenvalue weighted by Gasteiger charge is 2.02. The average Bonchev–Trinajstić information content (AvgIpc) is 1.86. The van der Waals surface area contributed by atoms with Crippen LogP contribution in [0.5, 0.6) is 0 Å². The molecule has 1 unspecified atom stereocenters. The number of carbonyl (C=O) groups excluding carboxylic acids is 1. The van der Waals surface area contributed by atoms with E-state index in [-0.39, 0.29) is 5.97 Å². The van der Waals surface area contributed by atoms with Crippen LogP contribution in [-0.2, 0) is 20.8 Å². The molecular formula is C6H13O2PS2. The Kier molecular flexibility index (Phi) is 6.30. The minimum atomic E-state index is -0.733. The first-order chi connectivity index (χ1) is 5.04. The molecule has 2 nitrogen and oxygen atoms in total. The molecule has 0 aromatic rings. The van der Waals surface area contributed by atoms with Gasteiger partial charge in [0.2, 0.25) is 0 Å². The Hall–Kier alpha value is 0.470. The van der Waals surface area contributed by atoms with Crippen molar-refractivity contribution in [2.75, 3.05) is 5.49 Å². The highest BCUT2D eigenvalue weighted by molar-refractivity contribution is 8.13. The van der Waals surface area contributed by atoms with E-state index in [1.807, 2.05) is 0 Å². The fourth-order valence-corrected chi connectivity index (χ4v) is 2.97. The molecular weight excluding hydrogens is 199 g/mol. The molecule has 0 saturated heterocycles. The summed E-state index contributed by atoms with van der Waals surface area (Å²) in [7, 11) is 0. The predicted octanol–water partition coefficient (Wildman–Crippen LogP) is 2.24. The van der Waals surface area contributed by atoms with Crippen LogP contribution in [0, 0.1) is 0 Å². The van der Waals surface area contributed by atoms with Crippen LogP contribution >= 0.6 is 18.7 Å². The second-order valence-electron chi connectivity index (χ2n) is 2.46. The second-order valence-corrected chi connectivity index (χ2v) is 7.68. The summed E-state index contributed by atoms with van der Waals surface area (Å²) >= 11 is 6.39. The third-order valence-corrected chi connectivity index (χ3v) is 6.75. The molecule has 1 atom stereocenters. The molecule has 0 radical (unpaired) electrons. The van der Waals surface area contributed by atoms with Crippen molar-refractivity contribution in [3.63, 3.8) is 0 Å². The van der Waals surface area contributed by atoms with Crippen molar-refractivity contribution in [1.82, 2.24) is 0 Å². The molecule has 0 aliphatic heterocycles. The third-order valence-electron chi connectivity index (χ3n) is 1.02. The lowest BCUT2D eigenvalue weighted by Crippen LogP contribution is -1.92. The fourth-order valence-electron chi connectivity index (χ4n) is 0.337. The van der Waals surface area contributed by atoms with Crippen molar-refractivity contribution in [1.29, 1.82) is 0 Å². The molecule has 0 rings (SSSR count). The van der Waals surface area contributed by atoms with Gasteiger partial charge in [0.15, 0.2) is 0 Å². The van der Waals surface area contributed by atoms with Crippen LogP contribution in [0.1, 0.15) is 20.8 Å². The molecule has 5 heteroatoms. The van der Waals surface area contributed by atoms with Gasteiger partial charge in [-0.3, -0.25) is 4.79 Å². The summed E-state index contributed by atoms with van der Waals surface area (Å²) in [4.78, 5) is 10.3. The molecule has 0 saturated carbocycles. The number of rotatable bonds is 4. The highest BCUT2D eigenvalue weighted by Crippen LogP contribution is 2.32. The Labute approximate surface area is 77.7 Å². The Morgan fingerprint density at radius 3 is 2.64 bits per heavy atom. The van der Waals surface area contributed by atoms with E-state index < -0.39 is 6.70 Å². The maximum Gasteiger partial charge on any atom is 0.314 e. The Morgan fingerprint density at radius 1 is 1.73 bits per heavy atom. The van der Waals surface area contributed by atoms with Crippen LogP contribution in [0.4, 0.5) is 0 Å². The normalized spacial score (nSPS) is 13.1. The van der Waals surface area contributed by atoms with Crippen LogP contribution in [0.25, 0.3) is 0 Å². The SMILES string of the molecule is CC(=O)OSC[PH](=S)C(C)C. The summed E-state index contributed by atoms with van der Waals surface area (Å²) in [6.45, 7) is 4.88. The summed E-state index contributed by atoms with van der Waals surface area (Å²) in [5.41, 5.74) is 1.37. The minimum Gasteiger partial charge on any atom is -0.391 e. The van der Waals surface area contributed by atoms with Crippen LogP contribution < -0.4 is 0 Å². The Bertz CT molecular complexity index is 159. The van der Waals surface area contributed by atoms with Gasteiger partial charge in [-0.1, -0.05) is 25.7 Å². The molecule has 0 aromatic carbocycles. The number of carbonyl (C=O) groups is 1. The summed E-state index contributed by atoms with van der Waals surface area (Å²) in [5, 5.41) is 0. The Balaban J connectivity index is 3.39. The van der Waals surface area contributed by atoms with Crippen LogP contribution in [-0.4, -0.2) is 17.1 Å². The zero-order chi connectivity index (χ0) is 8.85. The van der Waals surface area contributed by atoms with Gasteiger partial charge in [0, 0.05) is 6.92 Å². The van der Waals surface area contributed by atoms with Gasteiger partial charge in [-0.25, -0.2) is 0 Å². The van der Waals surface area contributed by atoms with Crippen LogP contribution in [0.2, 0.25) is 0 Å². The Morgan fingerprint density at radius 2 is 2.27 bits per heavy atom. The van der Waals surface area contributed by atoms with E-state index in [2.05, 4.69) is 13.8 Å². The molecule has 0 aliphatic rings. The van der Waals surface area contributed by atoms with Gasteiger partial charge in [-0.05, 0) is 12.4 Å². The number of hydrogen-bond acceptors (Lipinski definition) is 4. The fraction of sp³-hybridized carbons (Fsp3) is 0.833. The maximum absolute atomic E-state index is 10.3. The van der Waals surface area contributed by atoms with Crippen molar-refractivity contribution >= 4 is 36.5 Å². The van der Waals surface area contributed by atoms with Crippen molar-refractivity contribution in [2.45, 2.75) is 26.4 Å². The predicted molar refractivity (Wildman–Crippen MR) is 55.0 cm³/mol. The lowest BCUT2D eigenvalue weighted by molar-refractivity contribution is -0.130. The van der Waals surface area contributed by atoms with E-state index in [1.54, 1.807) is 0 Å². The van der Waals surface area contributed by atoms with Gasteiger partial charge < -0.3 is 4.18 Å². The van der Waals surface area contributed by atoms with Gasteiger partial charge in [0.1, 0.15) is 0 Å². The summed E-state index contributed by atoms with van der Waals surface area (Å²) in [5.74, 6) is -0.247. The molecule has 0 fully saturated rings. The van der Waals surface area contributed by atoms with E-state index in [0.29, 0.717) is 5.66 Å². The summed E-state index contributed by atoms with van der Waals surface area (Å²) in [6.07, 6.45) is 0. The molecule has 66 valence electrons. The topological polar surface area (TPSA) is 26.3 Å². The molecule has 0 aliphatic carbocycles. The zero-order valence-electron chi connectivity index (χ0n) is 6.92. The largest absolute Gasteiger partial charge is 0.391 e. The molecule has 0 spiro atoms. The van der Waals surface area contributed by atoms with Crippen molar-refractivity contribution in [3.05, 3.63) is 0 Å². The molecule has 0 N–H and O–H groups in total. The molecule has 0 aromatic heterocycles. The maximum atomic E-state index is 10.3. The molecule has 0 heterocycles. The molecule has 11 heavy (non-hydrogen) atoms. The van der Waals surface area contributed by atoms with Crippen LogP contribution in [0.15, 0.2) is 0 Å². The van der Waals surface area contributed by atoms with Gasteiger partial charge in [0.05, 0.1) is 17.5 Å². The van der Waals surface area contributed by atoms with Gasteiger partial charge >= 0.3 is 5.97 Å². The summed E-state index contributed by atoms with van der Waals surface area (Å²) < 4.78 is 4.70. The first-order valence-corrected chi connectivity index (χ1v) is 7.19. The van der Waals surface area contributed by atoms with Crippen molar-refractivity contribution in [3.8, 4) is 0 Å². The number of hydrogen-bond donors (Lipinski definition) is 0. The van der Waals surface area contributed by atoms with Crippen LogP contribution in [0.3, 0.4) is 0 Å². The van der Waals surface area contributed by atoms with E-state index >= 15 is 0 Å². The highest BCUT2D eigenvalue weighted by atomic mass is 32.4. The van der Waals surface area contributed by atoms with Gasteiger partial charge in [-0.15, -0.1) is 0 Å². The lowest BCUT2D eigenvalue weighted by atomic mass is 10.6. The smallest absolute Gasteiger partial charge is 0.314 e. The van der Waals surface area contributed by atoms with Gasteiger partial charge in [0.25, 0.3) is 0 Å². The minimum absolute atomic E-state index is 0.247. The second kappa shape index (κ2) is 6.04. The van der Waals surface area contributed by atoms with E-state index in [9.17, 15) is 4.79 Å².